The molecule has 0 heterocycles. The Bertz CT molecular complexity index is 274. The number of unbranched alkanes of at least 4 members (excludes halogenated alkanes) is 3. The largest absolute Gasteiger partial charge is 0.395 e. The van der Waals surface area contributed by atoms with Gasteiger partial charge in [0.1, 0.15) is 0 Å². The highest BCUT2D eigenvalue weighted by atomic mass is 16.3. The molecule has 0 bridgehead atoms. The zero-order valence-electron chi connectivity index (χ0n) is 10.9. The summed E-state index contributed by atoms with van der Waals surface area (Å²) in [5, 5.41) is 12.7. The van der Waals surface area contributed by atoms with E-state index in [1.807, 2.05) is 18.2 Å². The highest BCUT2D eigenvalue weighted by Gasteiger charge is 2.05. The lowest BCUT2D eigenvalue weighted by Crippen LogP contribution is -2.31. The predicted octanol–water partition coefficient (Wildman–Crippen LogP) is 3.11. The van der Waals surface area contributed by atoms with Gasteiger partial charge in [-0.05, 0) is 12.0 Å². The average Bonchev–Trinajstić information content (AvgIpc) is 2.39. The third-order valence-electron chi connectivity index (χ3n) is 3.06. The average molecular weight is 235 g/mol. The molecule has 17 heavy (non-hydrogen) atoms. The van der Waals surface area contributed by atoms with Gasteiger partial charge in [-0.2, -0.15) is 0 Å². The minimum Gasteiger partial charge on any atom is -0.395 e. The van der Waals surface area contributed by atoms with Gasteiger partial charge in [-0.15, -0.1) is 0 Å². The number of hydrogen-bond donors (Lipinski definition) is 2. The molecular weight excluding hydrogens is 210 g/mol. The van der Waals surface area contributed by atoms with Crippen LogP contribution in [0.2, 0.25) is 0 Å². The molecule has 0 saturated heterocycles. The van der Waals surface area contributed by atoms with E-state index in [1.54, 1.807) is 0 Å². The fourth-order valence-corrected chi connectivity index (χ4v) is 1.93. The van der Waals surface area contributed by atoms with Gasteiger partial charge in [0.25, 0.3) is 0 Å². The third-order valence-corrected chi connectivity index (χ3v) is 3.06. The Kier molecular flexibility index (Phi) is 7.69. The first kappa shape index (κ1) is 14.2. The van der Waals surface area contributed by atoms with Crippen LogP contribution in [0, 0.1) is 0 Å². The first-order valence-corrected chi connectivity index (χ1v) is 6.75. The second kappa shape index (κ2) is 9.20. The van der Waals surface area contributed by atoms with Crippen molar-refractivity contribution in [2.75, 3.05) is 6.61 Å². The second-order valence-corrected chi connectivity index (χ2v) is 4.60. The van der Waals surface area contributed by atoms with Crippen molar-refractivity contribution in [2.45, 2.75) is 51.6 Å². The summed E-state index contributed by atoms with van der Waals surface area (Å²) >= 11 is 0. The Labute approximate surface area is 105 Å². The molecule has 0 saturated carbocycles. The molecule has 0 radical (unpaired) electrons. The highest BCUT2D eigenvalue weighted by molar-refractivity contribution is 5.14. The summed E-state index contributed by atoms with van der Waals surface area (Å²) in [4.78, 5) is 0. The van der Waals surface area contributed by atoms with Crippen LogP contribution >= 0.6 is 0 Å². The second-order valence-electron chi connectivity index (χ2n) is 4.60. The highest BCUT2D eigenvalue weighted by Crippen LogP contribution is 2.06. The maximum atomic E-state index is 9.30. The molecule has 2 heteroatoms. The van der Waals surface area contributed by atoms with E-state index in [2.05, 4.69) is 24.4 Å². The topological polar surface area (TPSA) is 32.3 Å². The van der Waals surface area contributed by atoms with Crippen LogP contribution in [-0.4, -0.2) is 17.8 Å². The lowest BCUT2D eigenvalue weighted by molar-refractivity contribution is 0.232. The van der Waals surface area contributed by atoms with E-state index in [0.29, 0.717) is 0 Å². The Morgan fingerprint density at radius 1 is 1.12 bits per heavy atom. The fraction of sp³-hybridized carbons (Fsp3) is 0.600. The summed E-state index contributed by atoms with van der Waals surface area (Å²) in [7, 11) is 0. The molecule has 96 valence electrons. The van der Waals surface area contributed by atoms with Crippen LogP contribution in [0.5, 0.6) is 0 Å². The molecule has 1 atom stereocenters. The Morgan fingerprint density at radius 3 is 2.53 bits per heavy atom. The van der Waals surface area contributed by atoms with Crippen LogP contribution in [-0.2, 0) is 6.54 Å². The van der Waals surface area contributed by atoms with Gasteiger partial charge >= 0.3 is 0 Å². The van der Waals surface area contributed by atoms with Crippen molar-refractivity contribution in [1.82, 2.24) is 5.32 Å². The van der Waals surface area contributed by atoms with Gasteiger partial charge in [0, 0.05) is 12.6 Å². The molecular formula is C15H25NO. The molecule has 1 rings (SSSR count). The van der Waals surface area contributed by atoms with Crippen molar-refractivity contribution < 1.29 is 5.11 Å². The monoisotopic (exact) mass is 235 g/mol. The van der Waals surface area contributed by atoms with Gasteiger partial charge < -0.3 is 10.4 Å². The Balaban J connectivity index is 2.18. The van der Waals surface area contributed by atoms with Crippen molar-refractivity contribution >= 4 is 0 Å². The van der Waals surface area contributed by atoms with Crippen molar-refractivity contribution in [3.8, 4) is 0 Å². The number of nitrogens with one attached hydrogen (secondary N) is 1. The molecule has 1 aromatic rings. The summed E-state index contributed by atoms with van der Waals surface area (Å²) in [5.74, 6) is 0. The molecule has 0 aliphatic carbocycles. The van der Waals surface area contributed by atoms with Crippen LogP contribution in [0.25, 0.3) is 0 Å². The molecule has 0 aromatic heterocycles. The van der Waals surface area contributed by atoms with Crippen LogP contribution in [0.4, 0.5) is 0 Å². The van der Waals surface area contributed by atoms with E-state index < -0.39 is 0 Å². The van der Waals surface area contributed by atoms with Crippen LogP contribution in [0.15, 0.2) is 30.3 Å². The number of benzene rings is 1. The lowest BCUT2D eigenvalue weighted by atomic mass is 10.1. The minimum atomic E-state index is 0.235. The molecule has 0 fully saturated rings. The predicted molar refractivity (Wildman–Crippen MR) is 72.9 cm³/mol. The van der Waals surface area contributed by atoms with E-state index in [0.717, 1.165) is 13.0 Å². The first-order valence-electron chi connectivity index (χ1n) is 6.75. The number of hydrogen-bond acceptors (Lipinski definition) is 2. The maximum absolute atomic E-state index is 9.30. The summed E-state index contributed by atoms with van der Waals surface area (Å²) < 4.78 is 0. The third kappa shape index (κ3) is 6.44. The fourth-order valence-electron chi connectivity index (χ4n) is 1.93. The smallest absolute Gasteiger partial charge is 0.0584 e. The SMILES string of the molecule is CCCCCCC(CO)NCc1ccccc1. The van der Waals surface area contributed by atoms with Crippen molar-refractivity contribution in [1.29, 1.82) is 0 Å². The number of aliphatic hydroxyl groups excluding tert-OH is 1. The van der Waals surface area contributed by atoms with Gasteiger partial charge in [-0.3, -0.25) is 0 Å². The van der Waals surface area contributed by atoms with Crippen molar-refractivity contribution in [3.05, 3.63) is 35.9 Å². The van der Waals surface area contributed by atoms with Gasteiger partial charge in [0.2, 0.25) is 0 Å². The Hall–Kier alpha value is -0.860. The molecule has 2 N–H and O–H groups in total. The molecule has 0 spiro atoms. The van der Waals surface area contributed by atoms with Gasteiger partial charge in [0.15, 0.2) is 0 Å². The molecule has 1 unspecified atom stereocenters. The molecule has 1 aromatic carbocycles. The van der Waals surface area contributed by atoms with E-state index in [9.17, 15) is 5.11 Å². The summed E-state index contributed by atoms with van der Waals surface area (Å²) in [6, 6.07) is 10.6. The summed E-state index contributed by atoms with van der Waals surface area (Å²) in [6.45, 7) is 3.30. The van der Waals surface area contributed by atoms with Gasteiger partial charge in [0.05, 0.1) is 6.61 Å². The van der Waals surface area contributed by atoms with Crippen molar-refractivity contribution in [2.24, 2.45) is 0 Å². The summed E-state index contributed by atoms with van der Waals surface area (Å²) in [6.07, 6.45) is 6.13. The normalized spacial score (nSPS) is 12.6. The quantitative estimate of drug-likeness (QED) is 0.645. The van der Waals surface area contributed by atoms with Gasteiger partial charge in [-0.25, -0.2) is 0 Å². The van der Waals surface area contributed by atoms with Crippen molar-refractivity contribution in [3.63, 3.8) is 0 Å². The first-order chi connectivity index (χ1) is 8.36. The van der Waals surface area contributed by atoms with E-state index in [1.165, 1.54) is 31.2 Å². The van der Waals surface area contributed by atoms with E-state index in [4.69, 9.17) is 0 Å². The molecule has 2 nitrogen and oxygen atoms in total. The minimum absolute atomic E-state index is 0.235. The zero-order chi connectivity index (χ0) is 12.3. The van der Waals surface area contributed by atoms with E-state index in [-0.39, 0.29) is 12.6 Å². The zero-order valence-corrected chi connectivity index (χ0v) is 10.9. The molecule has 0 amide bonds. The number of rotatable bonds is 9. The van der Waals surface area contributed by atoms with Crippen LogP contribution in [0.3, 0.4) is 0 Å². The maximum Gasteiger partial charge on any atom is 0.0584 e. The number of aliphatic hydroxyl groups is 1. The van der Waals surface area contributed by atoms with E-state index >= 15 is 0 Å². The van der Waals surface area contributed by atoms with Crippen LogP contribution in [0.1, 0.15) is 44.6 Å². The lowest BCUT2D eigenvalue weighted by Gasteiger charge is -2.16. The molecule has 0 aliphatic heterocycles. The molecule has 0 aliphatic rings. The van der Waals surface area contributed by atoms with Crippen LogP contribution < -0.4 is 5.32 Å². The Morgan fingerprint density at radius 2 is 1.88 bits per heavy atom. The van der Waals surface area contributed by atoms with Gasteiger partial charge in [-0.1, -0.05) is 62.9 Å². The summed E-state index contributed by atoms with van der Waals surface area (Å²) in [5.41, 5.74) is 1.28. The standard InChI is InChI=1S/C15H25NO/c1-2-3-4-8-11-15(13-17)16-12-14-9-6-5-7-10-14/h5-7,9-10,15-17H,2-4,8,11-13H2,1H3.